The molecule has 0 bridgehead atoms. The van der Waals surface area contributed by atoms with Gasteiger partial charge < -0.3 is 24.1 Å². The monoisotopic (exact) mass is 696 g/mol. The molecule has 3 aliphatic rings. The Labute approximate surface area is 291 Å². The molecule has 10 nitrogen and oxygen atoms in total. The lowest BCUT2D eigenvalue weighted by Crippen LogP contribution is -2.74. The number of amides is 1. The number of nitrogens with zero attached hydrogens (tertiary/aromatic N) is 3. The highest BCUT2D eigenvalue weighted by Crippen LogP contribution is 2.40. The van der Waals surface area contributed by atoms with Crippen LogP contribution >= 0.6 is 11.6 Å². The standard InChI is InChI=1S/C37H46ClFN4O6/c1-4-48-36(46)24-11-13-27(14-12-24)49-37(42-16-7-8-17-42,43-18-15-26(43)23-47-3)34(44)20-25-19-30(38)32(21-31(25)39)40-35(45)29-22-41(2)33-10-6-5-9-28(29)33/h5-6,9-10,19,21-22,24,26-27H,4,7-8,11-18,20,23H2,1-3H3,(H,40,45)/t24-,26-,27-,37?/m0/s1. The Bertz CT molecular complexity index is 1680. The Kier molecular flexibility index (Phi) is 11.1. The first kappa shape index (κ1) is 35.5. The first-order valence-electron chi connectivity index (χ1n) is 17.4. The van der Waals surface area contributed by atoms with Crippen molar-refractivity contribution in [2.24, 2.45) is 13.0 Å². The number of nitrogens with one attached hydrogen (secondary N) is 1. The maximum absolute atomic E-state index is 15.9. The molecule has 3 aromatic rings. The lowest BCUT2D eigenvalue weighted by atomic mass is 9.87. The van der Waals surface area contributed by atoms with E-state index < -0.39 is 17.6 Å². The maximum Gasteiger partial charge on any atom is 0.308 e. The molecule has 1 saturated carbocycles. The highest BCUT2D eigenvalue weighted by Gasteiger charge is 2.57. The first-order chi connectivity index (χ1) is 23.7. The molecule has 2 aliphatic heterocycles. The van der Waals surface area contributed by atoms with E-state index in [1.807, 2.05) is 35.9 Å². The van der Waals surface area contributed by atoms with Crippen molar-refractivity contribution in [3.8, 4) is 0 Å². The Morgan fingerprint density at radius 3 is 2.45 bits per heavy atom. The van der Waals surface area contributed by atoms with Crippen LogP contribution in [0.5, 0.6) is 0 Å². The summed E-state index contributed by atoms with van der Waals surface area (Å²) in [5.41, 5.74) is 1.58. The van der Waals surface area contributed by atoms with Crippen LogP contribution in [0.25, 0.3) is 10.9 Å². The summed E-state index contributed by atoms with van der Waals surface area (Å²) in [6, 6.07) is 10.1. The fourth-order valence-corrected chi connectivity index (χ4v) is 7.91. The molecule has 1 aromatic heterocycles. The second-order valence-electron chi connectivity index (χ2n) is 13.4. The number of rotatable bonds is 13. The number of fused-ring (bicyclic) bond motifs is 1. The van der Waals surface area contributed by atoms with Gasteiger partial charge in [0.15, 0.2) is 5.78 Å². The Morgan fingerprint density at radius 2 is 1.78 bits per heavy atom. The van der Waals surface area contributed by atoms with Gasteiger partial charge in [-0.2, -0.15) is 0 Å². The van der Waals surface area contributed by atoms with Crippen LogP contribution in [0.15, 0.2) is 42.6 Å². The predicted molar refractivity (Wildman–Crippen MR) is 185 cm³/mol. The molecule has 3 heterocycles. The smallest absolute Gasteiger partial charge is 0.308 e. The summed E-state index contributed by atoms with van der Waals surface area (Å²) in [7, 11) is 3.50. The van der Waals surface area contributed by atoms with E-state index >= 15 is 4.39 Å². The minimum absolute atomic E-state index is 0.0366. The molecule has 0 spiro atoms. The van der Waals surface area contributed by atoms with Gasteiger partial charge in [-0.15, -0.1) is 0 Å². The molecule has 1 unspecified atom stereocenters. The summed E-state index contributed by atoms with van der Waals surface area (Å²) >= 11 is 6.66. The van der Waals surface area contributed by atoms with E-state index in [-0.39, 0.29) is 52.5 Å². The van der Waals surface area contributed by atoms with Gasteiger partial charge in [0.05, 0.1) is 41.5 Å². The third kappa shape index (κ3) is 7.14. The van der Waals surface area contributed by atoms with Crippen LogP contribution < -0.4 is 5.32 Å². The van der Waals surface area contributed by atoms with E-state index in [9.17, 15) is 14.4 Å². The molecular weight excluding hydrogens is 651 g/mol. The molecule has 12 heteroatoms. The molecular formula is C37H46ClFN4O6. The molecule has 1 N–H and O–H groups in total. The van der Waals surface area contributed by atoms with E-state index in [0.29, 0.717) is 64.1 Å². The van der Waals surface area contributed by atoms with E-state index in [1.54, 1.807) is 20.2 Å². The van der Waals surface area contributed by atoms with Crippen molar-refractivity contribution in [3.05, 3.63) is 64.6 Å². The van der Waals surface area contributed by atoms with Crippen molar-refractivity contribution < 1.29 is 33.0 Å². The zero-order valence-corrected chi connectivity index (χ0v) is 29.3. The Balaban J connectivity index is 1.26. The lowest BCUT2D eigenvalue weighted by Gasteiger charge is -2.56. The quantitative estimate of drug-likeness (QED) is 0.219. The van der Waals surface area contributed by atoms with Crippen molar-refractivity contribution in [3.63, 3.8) is 0 Å². The number of hydrogen-bond acceptors (Lipinski definition) is 8. The summed E-state index contributed by atoms with van der Waals surface area (Å²) in [5.74, 6) is -3.12. The number of aromatic nitrogens is 1. The van der Waals surface area contributed by atoms with Gasteiger partial charge in [-0.25, -0.2) is 4.39 Å². The predicted octanol–water partition coefficient (Wildman–Crippen LogP) is 5.94. The fourth-order valence-electron chi connectivity index (χ4n) is 7.68. The molecule has 264 valence electrons. The van der Waals surface area contributed by atoms with Crippen molar-refractivity contribution >= 4 is 45.9 Å². The van der Waals surface area contributed by atoms with Crippen LogP contribution in [-0.4, -0.2) is 90.0 Å². The van der Waals surface area contributed by atoms with Crippen molar-refractivity contribution in [2.45, 2.75) is 76.3 Å². The number of para-hydroxylation sites is 1. The minimum atomic E-state index is -1.42. The largest absolute Gasteiger partial charge is 0.466 e. The SMILES string of the molecule is CCOC(=O)[C@H]1CC[C@H](OC(C(=O)Cc2cc(Cl)c(NC(=O)c3cn(C)c4ccccc34)cc2F)(N2CCCC2)N2CC[C@H]2COC)CC1. The lowest BCUT2D eigenvalue weighted by molar-refractivity contribution is -0.283. The summed E-state index contributed by atoms with van der Waals surface area (Å²) in [6.07, 6.45) is 6.35. The third-order valence-corrected chi connectivity index (χ3v) is 10.6. The van der Waals surface area contributed by atoms with Crippen molar-refractivity contribution in [2.75, 3.05) is 45.3 Å². The van der Waals surface area contributed by atoms with Gasteiger partial charge in [-0.1, -0.05) is 29.8 Å². The number of methoxy groups -OCH3 is 1. The van der Waals surface area contributed by atoms with Crippen molar-refractivity contribution in [1.29, 1.82) is 0 Å². The number of carbonyl (C=O) groups is 3. The number of Topliss-reactive ketones (excluding diaryl/α,β-unsaturated/α-hetero) is 1. The fraction of sp³-hybridized carbons (Fsp3) is 0.541. The zero-order chi connectivity index (χ0) is 34.7. The second-order valence-corrected chi connectivity index (χ2v) is 13.8. The van der Waals surface area contributed by atoms with Gasteiger partial charge in [-0.3, -0.25) is 24.2 Å². The number of esters is 1. The van der Waals surface area contributed by atoms with E-state index in [1.165, 1.54) is 12.1 Å². The Hall–Kier alpha value is -3.35. The Morgan fingerprint density at radius 1 is 1.04 bits per heavy atom. The van der Waals surface area contributed by atoms with E-state index in [2.05, 4.69) is 15.1 Å². The normalized spacial score (nSPS) is 22.8. The molecule has 6 rings (SSSR count). The maximum atomic E-state index is 15.9. The molecule has 49 heavy (non-hydrogen) atoms. The number of likely N-dealkylation sites (tertiary alicyclic amines) is 2. The van der Waals surface area contributed by atoms with Gasteiger partial charge in [0.25, 0.3) is 5.91 Å². The van der Waals surface area contributed by atoms with Crippen LogP contribution in [0.2, 0.25) is 5.02 Å². The topological polar surface area (TPSA) is 102 Å². The van der Waals surface area contributed by atoms with Gasteiger partial charge in [0, 0.05) is 63.4 Å². The number of halogens is 2. The van der Waals surface area contributed by atoms with Gasteiger partial charge >= 0.3 is 5.97 Å². The molecule has 3 fully saturated rings. The number of carbonyl (C=O) groups excluding carboxylic acids is 3. The van der Waals surface area contributed by atoms with Gasteiger partial charge in [0.2, 0.25) is 5.85 Å². The molecule has 0 radical (unpaired) electrons. The number of ketones is 1. The van der Waals surface area contributed by atoms with E-state index in [0.717, 1.165) is 30.2 Å². The third-order valence-electron chi connectivity index (χ3n) is 10.3. The molecule has 2 aromatic carbocycles. The number of hydrogen-bond donors (Lipinski definition) is 1. The van der Waals surface area contributed by atoms with Crippen molar-refractivity contribution in [1.82, 2.24) is 14.4 Å². The van der Waals surface area contributed by atoms with Crippen LogP contribution in [-0.2, 0) is 37.3 Å². The summed E-state index contributed by atoms with van der Waals surface area (Å²) in [5, 5.41) is 3.66. The number of ether oxygens (including phenoxy) is 3. The van der Waals surface area contributed by atoms with Crippen LogP contribution in [0.3, 0.4) is 0 Å². The van der Waals surface area contributed by atoms with Crippen LogP contribution in [0.4, 0.5) is 10.1 Å². The summed E-state index contributed by atoms with van der Waals surface area (Å²) in [4.78, 5) is 44.7. The number of anilines is 1. The number of aryl methyl sites for hydroxylation is 1. The second kappa shape index (κ2) is 15.3. The highest BCUT2D eigenvalue weighted by atomic mass is 35.5. The van der Waals surface area contributed by atoms with Crippen LogP contribution in [0.1, 0.15) is 67.8 Å². The minimum Gasteiger partial charge on any atom is -0.466 e. The average Bonchev–Trinajstić information content (AvgIpc) is 3.74. The number of benzene rings is 2. The average molecular weight is 697 g/mol. The first-order valence-corrected chi connectivity index (χ1v) is 17.8. The molecule has 1 amide bonds. The molecule has 2 atom stereocenters. The highest BCUT2D eigenvalue weighted by molar-refractivity contribution is 6.34. The molecule has 1 aliphatic carbocycles. The summed E-state index contributed by atoms with van der Waals surface area (Å²) < 4.78 is 35.5. The van der Waals surface area contributed by atoms with Gasteiger partial charge in [0.1, 0.15) is 5.82 Å². The zero-order valence-electron chi connectivity index (χ0n) is 28.5. The van der Waals surface area contributed by atoms with Gasteiger partial charge in [-0.05, 0) is 75.6 Å². The van der Waals surface area contributed by atoms with E-state index in [4.69, 9.17) is 25.8 Å². The summed E-state index contributed by atoms with van der Waals surface area (Å²) in [6.45, 7) is 4.56. The van der Waals surface area contributed by atoms with Crippen LogP contribution in [0, 0.1) is 11.7 Å². The molecule has 2 saturated heterocycles.